The molecular formula is C20H23NO7. The molecule has 8 heteroatoms. The number of aliphatic hydroxyl groups excluding tert-OH is 3. The molecule has 1 saturated heterocycles. The zero-order valence-electron chi connectivity index (χ0n) is 15.3. The van der Waals surface area contributed by atoms with Crippen LogP contribution < -0.4 is 15.2 Å². The third-order valence-electron chi connectivity index (χ3n) is 4.59. The summed E-state index contributed by atoms with van der Waals surface area (Å²) in [6.45, 7) is -0.290. The average molecular weight is 389 g/mol. The number of aliphatic hydroxyl groups is 3. The van der Waals surface area contributed by atoms with Gasteiger partial charge in [-0.2, -0.15) is 0 Å². The molecule has 4 atom stereocenters. The smallest absolute Gasteiger partial charge is 0.248 e. The molecule has 0 aromatic heterocycles. The lowest BCUT2D eigenvalue weighted by molar-refractivity contribution is -0.240. The second kappa shape index (κ2) is 8.57. The number of primary amides is 1. The van der Waals surface area contributed by atoms with Crippen molar-refractivity contribution >= 4 is 5.91 Å². The van der Waals surface area contributed by atoms with Crippen LogP contribution in [0.5, 0.6) is 11.5 Å². The van der Waals surface area contributed by atoms with Crippen LogP contribution in [0.4, 0.5) is 0 Å². The van der Waals surface area contributed by atoms with E-state index in [1.54, 1.807) is 36.4 Å². The molecule has 2 aromatic carbocycles. The number of carbonyl (C=O) groups is 1. The molecule has 0 saturated carbocycles. The molecule has 1 aliphatic rings. The van der Waals surface area contributed by atoms with E-state index in [2.05, 4.69) is 0 Å². The molecule has 1 amide bonds. The normalized spacial score (nSPS) is 24.6. The monoisotopic (exact) mass is 389 g/mol. The second-order valence-electron chi connectivity index (χ2n) is 6.53. The van der Waals surface area contributed by atoms with E-state index in [-0.39, 0.29) is 13.0 Å². The zero-order valence-corrected chi connectivity index (χ0v) is 15.3. The van der Waals surface area contributed by atoms with Gasteiger partial charge in [0.15, 0.2) is 0 Å². The van der Waals surface area contributed by atoms with Crippen molar-refractivity contribution in [3.05, 3.63) is 48.0 Å². The summed E-state index contributed by atoms with van der Waals surface area (Å²) in [5.41, 5.74) is 7.18. The molecule has 0 aliphatic carbocycles. The number of ether oxygens (including phenoxy) is 3. The molecule has 28 heavy (non-hydrogen) atoms. The Bertz CT molecular complexity index is 841. The predicted octanol–water partition coefficient (Wildman–Crippen LogP) is 0.669. The van der Waals surface area contributed by atoms with Crippen LogP contribution in [-0.2, 0) is 4.74 Å². The van der Waals surface area contributed by atoms with Crippen LogP contribution in [0.1, 0.15) is 16.8 Å². The summed E-state index contributed by atoms with van der Waals surface area (Å²) in [6.07, 6.45) is -3.94. The van der Waals surface area contributed by atoms with Crippen molar-refractivity contribution in [1.82, 2.24) is 0 Å². The first-order valence-corrected chi connectivity index (χ1v) is 8.80. The first-order valence-electron chi connectivity index (χ1n) is 8.80. The van der Waals surface area contributed by atoms with Crippen LogP contribution in [0, 0.1) is 0 Å². The number of hydrogen-bond acceptors (Lipinski definition) is 7. The van der Waals surface area contributed by atoms with Crippen molar-refractivity contribution in [2.45, 2.75) is 31.0 Å². The maximum absolute atomic E-state index is 11.4. The molecule has 0 bridgehead atoms. The van der Waals surface area contributed by atoms with Crippen LogP contribution in [0.25, 0.3) is 11.1 Å². The Kier molecular flexibility index (Phi) is 6.15. The quantitative estimate of drug-likeness (QED) is 0.571. The third kappa shape index (κ3) is 4.26. The minimum Gasteiger partial charge on any atom is -0.496 e. The lowest BCUT2D eigenvalue weighted by atomic mass is 10.0. The fourth-order valence-electron chi connectivity index (χ4n) is 3.09. The summed E-state index contributed by atoms with van der Waals surface area (Å²) < 4.78 is 16.6. The molecule has 0 spiro atoms. The van der Waals surface area contributed by atoms with Gasteiger partial charge in [-0.25, -0.2) is 0 Å². The fourth-order valence-corrected chi connectivity index (χ4v) is 3.09. The molecule has 1 unspecified atom stereocenters. The van der Waals surface area contributed by atoms with Gasteiger partial charge in [-0.05, 0) is 29.8 Å². The maximum Gasteiger partial charge on any atom is 0.248 e. The van der Waals surface area contributed by atoms with E-state index in [0.29, 0.717) is 17.1 Å². The summed E-state index contributed by atoms with van der Waals surface area (Å²) >= 11 is 0. The fraction of sp³-hybridized carbons (Fsp3) is 0.350. The Morgan fingerprint density at radius 1 is 1.25 bits per heavy atom. The van der Waals surface area contributed by atoms with Crippen LogP contribution in [-0.4, -0.2) is 59.5 Å². The van der Waals surface area contributed by atoms with E-state index in [4.69, 9.17) is 19.9 Å². The molecule has 5 N–H and O–H groups in total. The zero-order chi connectivity index (χ0) is 20.3. The van der Waals surface area contributed by atoms with Gasteiger partial charge in [0.05, 0.1) is 25.9 Å². The molecule has 1 aliphatic heterocycles. The highest BCUT2D eigenvalue weighted by atomic mass is 16.7. The summed E-state index contributed by atoms with van der Waals surface area (Å²) in [5.74, 6) is 0.298. The van der Waals surface area contributed by atoms with Crippen molar-refractivity contribution in [3.63, 3.8) is 0 Å². The number of rotatable bonds is 6. The summed E-state index contributed by atoms with van der Waals surface area (Å²) in [4.78, 5) is 11.4. The van der Waals surface area contributed by atoms with E-state index in [9.17, 15) is 20.1 Å². The number of hydrogen-bond donors (Lipinski definition) is 4. The molecule has 1 fully saturated rings. The highest BCUT2D eigenvalue weighted by molar-refractivity contribution is 5.94. The molecule has 1 heterocycles. The Labute approximate surface area is 162 Å². The lowest BCUT2D eigenvalue weighted by Gasteiger charge is -2.36. The van der Waals surface area contributed by atoms with E-state index in [1.807, 2.05) is 6.07 Å². The average Bonchev–Trinajstić information content (AvgIpc) is 2.71. The number of nitrogens with two attached hydrogens (primary N) is 1. The third-order valence-corrected chi connectivity index (χ3v) is 4.59. The predicted molar refractivity (Wildman–Crippen MR) is 100.0 cm³/mol. The molecular weight excluding hydrogens is 366 g/mol. The first-order chi connectivity index (χ1) is 13.4. The minimum atomic E-state index is -1.25. The largest absolute Gasteiger partial charge is 0.496 e. The standard InChI is InChI=1S/C20H23NO7/c1-26-17-9-13(27-20-18(24)16(23)8-14(10-22)28-20)5-6-15(17)11-3-2-4-12(7-11)19(21)25/h2-7,9,14,16,18,20,22-24H,8,10H2,1H3,(H2,21,25)/t14-,16-,18-,20?/m0/s1. The minimum absolute atomic E-state index is 0.121. The van der Waals surface area contributed by atoms with Crippen molar-refractivity contribution in [2.24, 2.45) is 5.73 Å². The van der Waals surface area contributed by atoms with Gasteiger partial charge in [-0.3, -0.25) is 4.79 Å². The molecule has 2 aromatic rings. The number of carbonyl (C=O) groups excluding carboxylic acids is 1. The number of amides is 1. The van der Waals surface area contributed by atoms with Gasteiger partial charge < -0.3 is 35.3 Å². The van der Waals surface area contributed by atoms with Gasteiger partial charge >= 0.3 is 0 Å². The molecule has 3 rings (SSSR count). The molecule has 150 valence electrons. The van der Waals surface area contributed by atoms with E-state index in [0.717, 1.165) is 11.1 Å². The Morgan fingerprint density at radius 3 is 2.71 bits per heavy atom. The van der Waals surface area contributed by atoms with Crippen molar-refractivity contribution in [2.75, 3.05) is 13.7 Å². The number of methoxy groups -OCH3 is 1. The van der Waals surface area contributed by atoms with Crippen LogP contribution >= 0.6 is 0 Å². The summed E-state index contributed by atoms with van der Waals surface area (Å²) in [6, 6.07) is 11.8. The van der Waals surface area contributed by atoms with Gasteiger partial charge in [0.1, 0.15) is 17.6 Å². The van der Waals surface area contributed by atoms with Crippen molar-refractivity contribution in [1.29, 1.82) is 0 Å². The van der Waals surface area contributed by atoms with Gasteiger partial charge in [0.2, 0.25) is 12.2 Å². The topological polar surface area (TPSA) is 131 Å². The maximum atomic E-state index is 11.4. The van der Waals surface area contributed by atoms with Crippen LogP contribution in [0.3, 0.4) is 0 Å². The molecule has 8 nitrogen and oxygen atoms in total. The first kappa shape index (κ1) is 20.1. The highest BCUT2D eigenvalue weighted by Crippen LogP contribution is 2.35. The van der Waals surface area contributed by atoms with Crippen molar-refractivity contribution < 1.29 is 34.3 Å². The van der Waals surface area contributed by atoms with E-state index in [1.165, 1.54) is 7.11 Å². The van der Waals surface area contributed by atoms with Gasteiger partial charge in [-0.1, -0.05) is 12.1 Å². The number of benzene rings is 2. The van der Waals surface area contributed by atoms with E-state index >= 15 is 0 Å². The highest BCUT2D eigenvalue weighted by Gasteiger charge is 2.38. The summed E-state index contributed by atoms with van der Waals surface area (Å²) in [5, 5.41) is 29.3. The second-order valence-corrected chi connectivity index (χ2v) is 6.53. The van der Waals surface area contributed by atoms with Crippen molar-refractivity contribution in [3.8, 4) is 22.6 Å². The summed E-state index contributed by atoms with van der Waals surface area (Å²) in [7, 11) is 1.50. The molecule has 0 radical (unpaired) electrons. The Hall–Kier alpha value is -2.65. The van der Waals surface area contributed by atoms with Gasteiger partial charge in [0.25, 0.3) is 0 Å². The van der Waals surface area contributed by atoms with Gasteiger partial charge in [0, 0.05) is 23.6 Å². The lowest BCUT2D eigenvalue weighted by Crippen LogP contribution is -2.51. The van der Waals surface area contributed by atoms with Gasteiger partial charge in [-0.15, -0.1) is 0 Å². The van der Waals surface area contributed by atoms with E-state index < -0.39 is 30.5 Å². The Balaban J connectivity index is 1.85. The van der Waals surface area contributed by atoms with Crippen LogP contribution in [0.2, 0.25) is 0 Å². The van der Waals surface area contributed by atoms with Crippen LogP contribution in [0.15, 0.2) is 42.5 Å². The Morgan fingerprint density at radius 2 is 2.04 bits per heavy atom. The SMILES string of the molecule is COc1cc(OC2O[C@H](CO)C[C@H](O)[C@@H]2O)ccc1-c1cccc(C(N)=O)c1.